The Morgan fingerprint density at radius 2 is 1.59 bits per heavy atom. The van der Waals surface area contributed by atoms with Crippen LogP contribution in [-0.4, -0.2) is 29.3 Å². The van der Waals surface area contributed by atoms with E-state index in [1.54, 1.807) is 30.3 Å². The third kappa shape index (κ3) is 5.50. The van der Waals surface area contributed by atoms with Crippen LogP contribution >= 0.6 is 0 Å². The number of ether oxygens (including phenoxy) is 1. The Morgan fingerprint density at radius 3 is 2.29 bits per heavy atom. The monoisotopic (exact) mass is 455 g/mol. The first-order chi connectivity index (χ1) is 16.4. The predicted molar refractivity (Wildman–Crippen MR) is 130 cm³/mol. The highest BCUT2D eigenvalue weighted by Crippen LogP contribution is 2.24. The normalized spacial score (nSPS) is 14.3. The first-order valence-corrected chi connectivity index (χ1v) is 10.9. The molecule has 1 heterocycles. The maximum Gasteiger partial charge on any atom is 0.329 e. The topological polar surface area (TPSA) is 87.7 Å². The van der Waals surface area contributed by atoms with Crippen molar-refractivity contribution in [2.45, 2.75) is 20.5 Å². The molecule has 172 valence electrons. The van der Waals surface area contributed by atoms with Gasteiger partial charge in [-0.1, -0.05) is 65.7 Å². The molecule has 0 atom stereocenters. The van der Waals surface area contributed by atoms with Crippen LogP contribution in [0.15, 0.2) is 78.5 Å². The van der Waals surface area contributed by atoms with Gasteiger partial charge in [0.05, 0.1) is 0 Å². The van der Waals surface area contributed by atoms with E-state index in [9.17, 15) is 14.4 Å². The number of amides is 4. The van der Waals surface area contributed by atoms with Gasteiger partial charge in [-0.15, -0.1) is 0 Å². The van der Waals surface area contributed by atoms with E-state index in [0.29, 0.717) is 23.6 Å². The molecular formula is C27H25N3O4. The van der Waals surface area contributed by atoms with Crippen LogP contribution in [0, 0.1) is 13.8 Å². The van der Waals surface area contributed by atoms with Gasteiger partial charge in [-0.25, -0.2) is 9.69 Å². The number of para-hydroxylation sites is 1. The van der Waals surface area contributed by atoms with E-state index in [1.165, 1.54) is 5.56 Å². The van der Waals surface area contributed by atoms with E-state index in [2.05, 4.69) is 10.6 Å². The second-order valence-corrected chi connectivity index (χ2v) is 8.11. The lowest BCUT2D eigenvalue weighted by Gasteiger charge is -2.12. The quantitative estimate of drug-likeness (QED) is 0.408. The molecule has 1 aliphatic rings. The van der Waals surface area contributed by atoms with E-state index in [4.69, 9.17) is 4.74 Å². The summed E-state index contributed by atoms with van der Waals surface area (Å²) in [7, 11) is 0. The molecule has 0 aliphatic carbocycles. The Labute approximate surface area is 198 Å². The van der Waals surface area contributed by atoms with E-state index in [-0.39, 0.29) is 12.2 Å². The summed E-state index contributed by atoms with van der Waals surface area (Å²) in [5, 5.41) is 5.24. The van der Waals surface area contributed by atoms with E-state index in [1.807, 2.05) is 62.4 Å². The fourth-order valence-electron chi connectivity index (χ4n) is 3.43. The summed E-state index contributed by atoms with van der Waals surface area (Å²) >= 11 is 0. The summed E-state index contributed by atoms with van der Waals surface area (Å²) in [6.45, 7) is 3.94. The third-order valence-corrected chi connectivity index (χ3v) is 5.33. The number of urea groups is 1. The van der Waals surface area contributed by atoms with Gasteiger partial charge in [0.15, 0.2) is 0 Å². The highest BCUT2D eigenvalue weighted by atomic mass is 16.5. The molecular weight excluding hydrogens is 430 g/mol. The Morgan fingerprint density at radius 1 is 0.941 bits per heavy atom. The summed E-state index contributed by atoms with van der Waals surface area (Å²) in [6.07, 6.45) is 1.56. The lowest BCUT2D eigenvalue weighted by Crippen LogP contribution is -2.38. The number of imide groups is 1. The van der Waals surface area contributed by atoms with Crippen molar-refractivity contribution in [3.05, 3.63) is 101 Å². The fourth-order valence-corrected chi connectivity index (χ4v) is 3.43. The van der Waals surface area contributed by atoms with Crippen molar-refractivity contribution in [3.63, 3.8) is 0 Å². The molecule has 2 N–H and O–H groups in total. The standard InChI is InChI=1S/C27H25N3O4/c1-18-7-11-20(12-8-18)17-34-24-6-4-3-5-21(24)15-23-26(32)30(27(33)29-23)16-25(31)28-22-13-9-19(2)10-14-22/h3-15H,16-17H2,1-2H3,(H,28,31)(H,29,33)/b23-15+. The minimum atomic E-state index is -0.645. The molecule has 0 aromatic heterocycles. The van der Waals surface area contributed by atoms with Crippen LogP contribution in [0.5, 0.6) is 5.75 Å². The van der Waals surface area contributed by atoms with Crippen LogP contribution in [0.25, 0.3) is 6.08 Å². The fraction of sp³-hybridized carbons (Fsp3) is 0.148. The summed E-state index contributed by atoms with van der Waals surface area (Å²) in [5.74, 6) is -0.457. The van der Waals surface area contributed by atoms with Crippen molar-refractivity contribution in [3.8, 4) is 5.75 Å². The van der Waals surface area contributed by atoms with Crippen molar-refractivity contribution in [1.82, 2.24) is 10.2 Å². The Hall–Kier alpha value is -4.39. The second kappa shape index (κ2) is 10.0. The second-order valence-electron chi connectivity index (χ2n) is 8.11. The zero-order valence-corrected chi connectivity index (χ0v) is 19.0. The Balaban J connectivity index is 1.44. The smallest absolute Gasteiger partial charge is 0.329 e. The van der Waals surface area contributed by atoms with Gasteiger partial charge >= 0.3 is 6.03 Å². The number of carbonyl (C=O) groups excluding carboxylic acids is 3. The average molecular weight is 456 g/mol. The number of aryl methyl sites for hydroxylation is 2. The van der Waals surface area contributed by atoms with Gasteiger partial charge in [0.25, 0.3) is 5.91 Å². The highest BCUT2D eigenvalue weighted by molar-refractivity contribution is 6.16. The van der Waals surface area contributed by atoms with Crippen LogP contribution in [0.1, 0.15) is 22.3 Å². The first-order valence-electron chi connectivity index (χ1n) is 10.9. The SMILES string of the molecule is Cc1ccc(COc2ccccc2/C=C2/NC(=O)N(CC(=O)Nc3ccc(C)cc3)C2=O)cc1. The number of hydrogen-bond acceptors (Lipinski definition) is 4. The molecule has 1 aliphatic heterocycles. The maximum atomic E-state index is 12.8. The molecule has 0 unspecified atom stereocenters. The van der Waals surface area contributed by atoms with Gasteiger partial charge in [0.1, 0.15) is 24.6 Å². The van der Waals surface area contributed by atoms with E-state index in [0.717, 1.165) is 16.0 Å². The van der Waals surface area contributed by atoms with E-state index < -0.39 is 17.8 Å². The zero-order valence-electron chi connectivity index (χ0n) is 19.0. The van der Waals surface area contributed by atoms with Crippen LogP contribution in [-0.2, 0) is 16.2 Å². The zero-order chi connectivity index (χ0) is 24.1. The number of nitrogens with one attached hydrogen (secondary N) is 2. The molecule has 3 aromatic carbocycles. The predicted octanol–water partition coefficient (Wildman–Crippen LogP) is 4.41. The summed E-state index contributed by atoms with van der Waals surface area (Å²) in [6, 6.07) is 21.9. The molecule has 4 amide bonds. The van der Waals surface area contributed by atoms with Crippen molar-refractivity contribution < 1.29 is 19.1 Å². The van der Waals surface area contributed by atoms with Crippen molar-refractivity contribution >= 4 is 29.6 Å². The van der Waals surface area contributed by atoms with E-state index >= 15 is 0 Å². The molecule has 34 heavy (non-hydrogen) atoms. The van der Waals surface area contributed by atoms with Crippen LogP contribution in [0.3, 0.4) is 0 Å². The van der Waals surface area contributed by atoms with Gasteiger partial charge in [-0.2, -0.15) is 0 Å². The van der Waals surface area contributed by atoms with Crippen molar-refractivity contribution in [2.75, 3.05) is 11.9 Å². The van der Waals surface area contributed by atoms with Crippen molar-refractivity contribution in [1.29, 1.82) is 0 Å². The lowest BCUT2D eigenvalue weighted by molar-refractivity contribution is -0.127. The van der Waals surface area contributed by atoms with Gasteiger partial charge in [0.2, 0.25) is 5.91 Å². The Kier molecular flexibility index (Phi) is 6.73. The number of benzene rings is 3. The third-order valence-electron chi connectivity index (χ3n) is 5.33. The van der Waals surface area contributed by atoms with Crippen molar-refractivity contribution in [2.24, 2.45) is 0 Å². The molecule has 7 heteroatoms. The number of hydrogen-bond donors (Lipinski definition) is 2. The van der Waals surface area contributed by atoms with Gasteiger partial charge in [-0.3, -0.25) is 9.59 Å². The number of nitrogens with zero attached hydrogens (tertiary/aromatic N) is 1. The average Bonchev–Trinajstić information content (AvgIpc) is 3.08. The molecule has 0 spiro atoms. The van der Waals surface area contributed by atoms with Crippen LogP contribution < -0.4 is 15.4 Å². The molecule has 7 nitrogen and oxygen atoms in total. The van der Waals surface area contributed by atoms with Gasteiger partial charge in [0, 0.05) is 11.3 Å². The number of carbonyl (C=O) groups is 3. The summed E-state index contributed by atoms with van der Waals surface area (Å²) < 4.78 is 5.96. The summed E-state index contributed by atoms with van der Waals surface area (Å²) in [5.41, 5.74) is 4.57. The van der Waals surface area contributed by atoms with Gasteiger partial charge in [-0.05, 0) is 43.7 Å². The molecule has 1 fully saturated rings. The molecule has 0 bridgehead atoms. The molecule has 1 saturated heterocycles. The number of rotatable bonds is 7. The first kappa shape index (κ1) is 22.8. The Bertz CT molecular complexity index is 1250. The minimum Gasteiger partial charge on any atom is -0.488 e. The van der Waals surface area contributed by atoms with Crippen LogP contribution in [0.2, 0.25) is 0 Å². The number of anilines is 1. The highest BCUT2D eigenvalue weighted by Gasteiger charge is 2.35. The molecule has 0 radical (unpaired) electrons. The molecule has 0 saturated carbocycles. The lowest BCUT2D eigenvalue weighted by atomic mass is 10.1. The molecule has 3 aromatic rings. The minimum absolute atomic E-state index is 0.0829. The van der Waals surface area contributed by atoms with Crippen LogP contribution in [0.4, 0.5) is 10.5 Å². The molecule has 4 rings (SSSR count). The van der Waals surface area contributed by atoms with Gasteiger partial charge < -0.3 is 15.4 Å². The largest absolute Gasteiger partial charge is 0.488 e. The summed E-state index contributed by atoms with van der Waals surface area (Å²) in [4.78, 5) is 38.5. The maximum absolute atomic E-state index is 12.8.